The predicted molar refractivity (Wildman–Crippen MR) is 64.4 cm³/mol. The van der Waals surface area contributed by atoms with Crippen LogP contribution >= 0.6 is 0 Å². The fraction of sp³-hybridized carbons (Fsp3) is 0.833. The first-order chi connectivity index (χ1) is 8.22. The summed E-state index contributed by atoms with van der Waals surface area (Å²) in [5.41, 5.74) is 0. The zero-order valence-corrected chi connectivity index (χ0v) is 10.4. The third kappa shape index (κ3) is 2.77. The molecular formula is C12H21N3O2. The maximum absolute atomic E-state index is 12.1. The summed E-state index contributed by atoms with van der Waals surface area (Å²) in [5.74, 6) is 0.509. The van der Waals surface area contributed by atoms with Crippen LogP contribution < -0.4 is 10.6 Å². The lowest BCUT2D eigenvalue weighted by atomic mass is 9.94. The standard InChI is InChI=1S/C12H21N3O2/c1-13-11(16)5-3-7-15-8-10-9(12(15)17)4-2-6-14-10/h9-10,14H,2-8H2,1H3,(H,13,16). The number of rotatable bonds is 4. The Hall–Kier alpha value is -1.10. The molecule has 0 aromatic heterocycles. The van der Waals surface area contributed by atoms with Gasteiger partial charge in [-0.2, -0.15) is 0 Å². The van der Waals surface area contributed by atoms with Crippen LogP contribution in [0.1, 0.15) is 25.7 Å². The van der Waals surface area contributed by atoms with Crippen molar-refractivity contribution in [3.05, 3.63) is 0 Å². The van der Waals surface area contributed by atoms with E-state index in [2.05, 4.69) is 10.6 Å². The summed E-state index contributed by atoms with van der Waals surface area (Å²) in [6, 6.07) is 0.344. The van der Waals surface area contributed by atoms with Crippen LogP contribution in [0.5, 0.6) is 0 Å². The first-order valence-corrected chi connectivity index (χ1v) is 6.45. The van der Waals surface area contributed by atoms with E-state index in [1.807, 2.05) is 4.90 Å². The minimum absolute atomic E-state index is 0.0483. The van der Waals surface area contributed by atoms with E-state index in [9.17, 15) is 9.59 Å². The number of amides is 2. The van der Waals surface area contributed by atoms with E-state index >= 15 is 0 Å². The number of nitrogens with zero attached hydrogens (tertiary/aromatic N) is 1. The second-order valence-electron chi connectivity index (χ2n) is 4.87. The normalized spacial score (nSPS) is 28.1. The maximum atomic E-state index is 12.1. The number of fused-ring (bicyclic) bond motifs is 1. The van der Waals surface area contributed by atoms with Gasteiger partial charge in [-0.15, -0.1) is 0 Å². The largest absolute Gasteiger partial charge is 0.359 e. The Bertz CT molecular complexity index is 306. The number of carbonyl (C=O) groups excluding carboxylic acids is 2. The Kier molecular flexibility index (Phi) is 3.99. The van der Waals surface area contributed by atoms with Crippen LogP contribution in [0.15, 0.2) is 0 Å². The molecule has 2 aliphatic heterocycles. The number of likely N-dealkylation sites (tertiary alicyclic amines) is 1. The van der Waals surface area contributed by atoms with Gasteiger partial charge in [-0.25, -0.2) is 0 Å². The topological polar surface area (TPSA) is 61.4 Å². The van der Waals surface area contributed by atoms with Gasteiger partial charge in [-0.1, -0.05) is 0 Å². The van der Waals surface area contributed by atoms with E-state index in [1.54, 1.807) is 7.05 Å². The second-order valence-corrected chi connectivity index (χ2v) is 4.87. The van der Waals surface area contributed by atoms with Crippen molar-refractivity contribution in [2.24, 2.45) is 5.92 Å². The summed E-state index contributed by atoms with van der Waals surface area (Å²) in [6.45, 7) is 2.55. The molecule has 5 nitrogen and oxygen atoms in total. The molecule has 2 N–H and O–H groups in total. The van der Waals surface area contributed by atoms with Gasteiger partial charge >= 0.3 is 0 Å². The van der Waals surface area contributed by atoms with E-state index in [0.29, 0.717) is 19.0 Å². The quantitative estimate of drug-likeness (QED) is 0.709. The Morgan fingerprint density at radius 3 is 3.12 bits per heavy atom. The summed E-state index contributed by atoms with van der Waals surface area (Å²) in [5, 5.41) is 6.01. The van der Waals surface area contributed by atoms with Crippen molar-refractivity contribution in [2.75, 3.05) is 26.7 Å². The van der Waals surface area contributed by atoms with Crippen LogP contribution in [-0.4, -0.2) is 49.4 Å². The highest BCUT2D eigenvalue weighted by Gasteiger charge is 2.40. The van der Waals surface area contributed by atoms with Crippen molar-refractivity contribution in [1.29, 1.82) is 0 Å². The molecular weight excluding hydrogens is 218 g/mol. The van der Waals surface area contributed by atoms with E-state index in [1.165, 1.54) is 0 Å². The molecule has 0 bridgehead atoms. The zero-order chi connectivity index (χ0) is 12.3. The molecule has 0 saturated carbocycles. The van der Waals surface area contributed by atoms with E-state index in [-0.39, 0.29) is 17.7 Å². The van der Waals surface area contributed by atoms with Crippen molar-refractivity contribution in [2.45, 2.75) is 31.7 Å². The molecule has 2 aliphatic rings. The number of hydrogen-bond donors (Lipinski definition) is 2. The van der Waals surface area contributed by atoms with Crippen LogP contribution in [0.3, 0.4) is 0 Å². The molecule has 2 rings (SSSR count). The molecule has 2 heterocycles. The van der Waals surface area contributed by atoms with E-state index < -0.39 is 0 Å². The van der Waals surface area contributed by atoms with Crippen LogP contribution in [0.4, 0.5) is 0 Å². The smallest absolute Gasteiger partial charge is 0.227 e. The number of hydrogen-bond acceptors (Lipinski definition) is 3. The third-order valence-corrected chi connectivity index (χ3v) is 3.74. The Morgan fingerprint density at radius 2 is 2.41 bits per heavy atom. The minimum atomic E-state index is 0.0483. The monoisotopic (exact) mass is 239 g/mol. The lowest BCUT2D eigenvalue weighted by Gasteiger charge is -2.23. The molecule has 2 fully saturated rings. The van der Waals surface area contributed by atoms with Crippen molar-refractivity contribution >= 4 is 11.8 Å². The van der Waals surface area contributed by atoms with Crippen molar-refractivity contribution in [1.82, 2.24) is 15.5 Å². The summed E-state index contributed by atoms with van der Waals surface area (Å²) in [4.78, 5) is 25.1. The summed E-state index contributed by atoms with van der Waals surface area (Å²) in [7, 11) is 1.64. The minimum Gasteiger partial charge on any atom is -0.359 e. The van der Waals surface area contributed by atoms with Gasteiger partial charge in [0.1, 0.15) is 0 Å². The highest BCUT2D eigenvalue weighted by Crippen LogP contribution is 2.26. The van der Waals surface area contributed by atoms with Crippen LogP contribution in [-0.2, 0) is 9.59 Å². The second kappa shape index (κ2) is 5.49. The lowest BCUT2D eigenvalue weighted by molar-refractivity contribution is -0.132. The Labute approximate surface area is 102 Å². The zero-order valence-electron chi connectivity index (χ0n) is 10.4. The van der Waals surface area contributed by atoms with Gasteiger partial charge in [0.05, 0.1) is 5.92 Å². The van der Waals surface area contributed by atoms with Crippen LogP contribution in [0, 0.1) is 5.92 Å². The molecule has 0 radical (unpaired) electrons. The van der Waals surface area contributed by atoms with Gasteiger partial charge in [0.15, 0.2) is 0 Å². The van der Waals surface area contributed by atoms with Crippen LogP contribution in [0.2, 0.25) is 0 Å². The van der Waals surface area contributed by atoms with E-state index in [0.717, 1.165) is 32.4 Å². The fourth-order valence-electron chi connectivity index (χ4n) is 2.76. The van der Waals surface area contributed by atoms with Gasteiger partial charge < -0.3 is 15.5 Å². The highest BCUT2D eigenvalue weighted by molar-refractivity contribution is 5.82. The molecule has 5 heteroatoms. The molecule has 0 aromatic carbocycles. The first kappa shape index (κ1) is 12.4. The van der Waals surface area contributed by atoms with Gasteiger partial charge in [0.2, 0.25) is 11.8 Å². The molecule has 96 valence electrons. The fourth-order valence-corrected chi connectivity index (χ4v) is 2.76. The number of nitrogens with one attached hydrogen (secondary N) is 2. The van der Waals surface area contributed by atoms with Crippen molar-refractivity contribution in [3.63, 3.8) is 0 Å². The molecule has 0 aliphatic carbocycles. The number of carbonyl (C=O) groups is 2. The Balaban J connectivity index is 1.78. The van der Waals surface area contributed by atoms with Gasteiger partial charge in [-0.3, -0.25) is 9.59 Å². The molecule has 2 amide bonds. The summed E-state index contributed by atoms with van der Waals surface area (Å²) < 4.78 is 0. The SMILES string of the molecule is CNC(=O)CCCN1CC2NCCCC2C1=O. The predicted octanol–water partition coefficient (Wildman–Crippen LogP) is -0.277. The van der Waals surface area contributed by atoms with Gasteiger partial charge in [0.25, 0.3) is 0 Å². The summed E-state index contributed by atoms with van der Waals surface area (Å²) in [6.07, 6.45) is 3.37. The number of piperidine rings is 1. The highest BCUT2D eigenvalue weighted by atomic mass is 16.2. The average Bonchev–Trinajstić information content (AvgIpc) is 2.67. The molecule has 0 aromatic rings. The maximum Gasteiger partial charge on any atom is 0.227 e. The Morgan fingerprint density at radius 1 is 1.59 bits per heavy atom. The molecule has 2 atom stereocenters. The van der Waals surface area contributed by atoms with Gasteiger partial charge in [-0.05, 0) is 25.8 Å². The van der Waals surface area contributed by atoms with Gasteiger partial charge in [0, 0.05) is 32.6 Å². The average molecular weight is 239 g/mol. The molecule has 17 heavy (non-hydrogen) atoms. The third-order valence-electron chi connectivity index (χ3n) is 3.74. The van der Waals surface area contributed by atoms with E-state index in [4.69, 9.17) is 0 Å². The van der Waals surface area contributed by atoms with Crippen molar-refractivity contribution in [3.8, 4) is 0 Å². The van der Waals surface area contributed by atoms with Crippen LogP contribution in [0.25, 0.3) is 0 Å². The molecule has 0 spiro atoms. The molecule has 2 unspecified atom stereocenters. The molecule has 2 saturated heterocycles. The summed E-state index contributed by atoms with van der Waals surface area (Å²) >= 11 is 0. The first-order valence-electron chi connectivity index (χ1n) is 6.45. The van der Waals surface area contributed by atoms with Crippen molar-refractivity contribution < 1.29 is 9.59 Å². The lowest BCUT2D eigenvalue weighted by Crippen LogP contribution is -2.41.